The van der Waals surface area contributed by atoms with E-state index in [4.69, 9.17) is 17.3 Å². The van der Waals surface area contributed by atoms with Gasteiger partial charge in [0.05, 0.1) is 16.3 Å². The van der Waals surface area contributed by atoms with Crippen molar-refractivity contribution in [2.45, 2.75) is 19.5 Å². The predicted molar refractivity (Wildman–Crippen MR) is 87.2 cm³/mol. The highest BCUT2D eigenvalue weighted by Gasteiger charge is 2.30. The van der Waals surface area contributed by atoms with E-state index in [2.05, 4.69) is 10.3 Å². The Balaban J connectivity index is 2.26. The number of halogens is 4. The van der Waals surface area contributed by atoms with Gasteiger partial charge in [-0.2, -0.15) is 13.2 Å². The monoisotopic (exact) mass is 341 g/mol. The highest BCUT2D eigenvalue weighted by molar-refractivity contribution is 6.33. The minimum Gasteiger partial charge on any atom is -0.369 e. The number of nitrogens with one attached hydrogen (secondary N) is 1. The van der Waals surface area contributed by atoms with Crippen LogP contribution in [0.25, 0.3) is 0 Å². The number of aryl methyl sites for hydroxylation is 1. The van der Waals surface area contributed by atoms with Crippen LogP contribution < -0.4 is 11.1 Å². The Morgan fingerprint density at radius 2 is 1.96 bits per heavy atom. The molecule has 2 aromatic carbocycles. The lowest BCUT2D eigenvalue weighted by Gasteiger charge is -2.10. The first-order chi connectivity index (χ1) is 10.8. The van der Waals surface area contributed by atoms with Crippen LogP contribution in [-0.4, -0.2) is 5.96 Å². The Labute approximate surface area is 137 Å². The van der Waals surface area contributed by atoms with Crippen LogP contribution in [0.5, 0.6) is 0 Å². The van der Waals surface area contributed by atoms with Gasteiger partial charge >= 0.3 is 6.18 Å². The molecule has 7 heteroatoms. The second-order valence-electron chi connectivity index (χ2n) is 4.84. The van der Waals surface area contributed by atoms with E-state index in [0.29, 0.717) is 5.69 Å². The van der Waals surface area contributed by atoms with Gasteiger partial charge in [0.25, 0.3) is 0 Å². The highest BCUT2D eigenvalue weighted by Crippen LogP contribution is 2.35. The fraction of sp³-hybridized carbons (Fsp3) is 0.188. The number of benzene rings is 2. The van der Waals surface area contributed by atoms with E-state index in [9.17, 15) is 13.2 Å². The molecule has 0 radical (unpaired) electrons. The van der Waals surface area contributed by atoms with E-state index in [0.717, 1.165) is 30.2 Å². The molecule has 3 nitrogen and oxygen atoms in total. The smallest absolute Gasteiger partial charge is 0.369 e. The van der Waals surface area contributed by atoms with Crippen LogP contribution in [0.2, 0.25) is 5.02 Å². The van der Waals surface area contributed by atoms with Crippen molar-refractivity contribution >= 4 is 28.9 Å². The molecule has 0 saturated carbocycles. The quantitative estimate of drug-likeness (QED) is 0.611. The minimum atomic E-state index is -4.47. The van der Waals surface area contributed by atoms with Crippen LogP contribution in [0.1, 0.15) is 18.1 Å². The van der Waals surface area contributed by atoms with Crippen molar-refractivity contribution in [1.29, 1.82) is 0 Å². The van der Waals surface area contributed by atoms with Gasteiger partial charge in [-0.1, -0.05) is 30.7 Å². The molecular formula is C16H15ClF3N3. The van der Waals surface area contributed by atoms with E-state index < -0.39 is 11.7 Å². The number of aliphatic imine (C=N–C) groups is 1. The molecule has 0 amide bonds. The maximum Gasteiger partial charge on any atom is 0.416 e. The van der Waals surface area contributed by atoms with E-state index in [1.165, 1.54) is 0 Å². The van der Waals surface area contributed by atoms with E-state index in [1.807, 2.05) is 25.1 Å². The molecule has 0 bridgehead atoms. The largest absolute Gasteiger partial charge is 0.416 e. The second kappa shape index (κ2) is 6.91. The lowest BCUT2D eigenvalue weighted by Crippen LogP contribution is -2.22. The topological polar surface area (TPSA) is 50.4 Å². The van der Waals surface area contributed by atoms with Crippen molar-refractivity contribution in [1.82, 2.24) is 0 Å². The summed E-state index contributed by atoms with van der Waals surface area (Å²) in [4.78, 5) is 3.93. The van der Waals surface area contributed by atoms with Crippen LogP contribution in [0.4, 0.5) is 24.5 Å². The third-order valence-electron chi connectivity index (χ3n) is 3.12. The molecule has 0 fully saturated rings. The van der Waals surface area contributed by atoms with Crippen molar-refractivity contribution in [3.05, 3.63) is 58.6 Å². The summed E-state index contributed by atoms with van der Waals surface area (Å²) in [7, 11) is 0. The van der Waals surface area contributed by atoms with Gasteiger partial charge in [0.1, 0.15) is 0 Å². The van der Waals surface area contributed by atoms with E-state index >= 15 is 0 Å². The number of anilines is 1. The molecule has 0 atom stereocenters. The Morgan fingerprint density at radius 1 is 1.22 bits per heavy atom. The van der Waals surface area contributed by atoms with Gasteiger partial charge < -0.3 is 11.1 Å². The van der Waals surface area contributed by atoms with Gasteiger partial charge in [0.15, 0.2) is 5.96 Å². The number of rotatable bonds is 3. The number of nitrogens with two attached hydrogens (primary N) is 1. The Kier molecular flexibility index (Phi) is 5.15. The minimum absolute atomic E-state index is 0.0422. The third kappa shape index (κ3) is 4.63. The molecule has 0 aliphatic heterocycles. The zero-order chi connectivity index (χ0) is 17.0. The molecule has 122 valence electrons. The van der Waals surface area contributed by atoms with Gasteiger partial charge in [-0.25, -0.2) is 4.99 Å². The molecule has 2 rings (SSSR count). The molecule has 23 heavy (non-hydrogen) atoms. The van der Waals surface area contributed by atoms with Crippen LogP contribution in [-0.2, 0) is 12.6 Å². The molecule has 0 spiro atoms. The lowest BCUT2D eigenvalue weighted by molar-refractivity contribution is -0.137. The van der Waals surface area contributed by atoms with Gasteiger partial charge in [0.2, 0.25) is 0 Å². The summed E-state index contributed by atoms with van der Waals surface area (Å²) in [6, 6.07) is 10.4. The van der Waals surface area contributed by atoms with Crippen molar-refractivity contribution in [3.63, 3.8) is 0 Å². The third-order valence-corrected chi connectivity index (χ3v) is 3.44. The Hall–Kier alpha value is -2.21. The van der Waals surface area contributed by atoms with Gasteiger partial charge in [0, 0.05) is 5.69 Å². The van der Waals surface area contributed by atoms with Crippen molar-refractivity contribution in [2.75, 3.05) is 5.32 Å². The number of guanidine groups is 1. The fourth-order valence-corrected chi connectivity index (χ4v) is 2.11. The first-order valence-electron chi connectivity index (χ1n) is 6.86. The maximum atomic E-state index is 12.7. The number of nitrogens with zero attached hydrogens (tertiary/aromatic N) is 1. The van der Waals surface area contributed by atoms with Gasteiger partial charge in [-0.3, -0.25) is 0 Å². The molecule has 3 N–H and O–H groups in total. The van der Waals surface area contributed by atoms with Gasteiger partial charge in [-0.15, -0.1) is 0 Å². The SMILES string of the molecule is CCc1cccc(NC(N)=Nc2cc(C(F)(F)F)ccc2Cl)c1. The normalized spacial score (nSPS) is 12.3. The van der Waals surface area contributed by atoms with Crippen LogP contribution in [0.15, 0.2) is 47.5 Å². The first kappa shape index (κ1) is 17.1. The summed E-state index contributed by atoms with van der Waals surface area (Å²) in [6.07, 6.45) is -3.61. The fourth-order valence-electron chi connectivity index (χ4n) is 1.95. The average Bonchev–Trinajstić information content (AvgIpc) is 2.48. The average molecular weight is 342 g/mol. The molecule has 2 aromatic rings. The van der Waals surface area contributed by atoms with Gasteiger partial charge in [-0.05, 0) is 42.3 Å². The summed E-state index contributed by atoms with van der Waals surface area (Å²) < 4.78 is 38.2. The second-order valence-corrected chi connectivity index (χ2v) is 5.25. The molecule has 0 aliphatic carbocycles. The van der Waals surface area contributed by atoms with Crippen LogP contribution in [0.3, 0.4) is 0 Å². The summed E-state index contributed by atoms with van der Waals surface area (Å²) in [5, 5.41) is 2.93. The zero-order valence-corrected chi connectivity index (χ0v) is 13.0. The lowest BCUT2D eigenvalue weighted by atomic mass is 10.1. The van der Waals surface area contributed by atoms with Crippen LogP contribution in [0, 0.1) is 0 Å². The number of hydrogen-bond acceptors (Lipinski definition) is 1. The van der Waals surface area contributed by atoms with Crippen molar-refractivity contribution in [2.24, 2.45) is 10.7 Å². The molecule has 0 unspecified atom stereocenters. The Morgan fingerprint density at radius 3 is 2.61 bits per heavy atom. The predicted octanol–water partition coefficient (Wildman–Crippen LogP) is 4.98. The molecule has 0 heterocycles. The first-order valence-corrected chi connectivity index (χ1v) is 7.24. The number of alkyl halides is 3. The standard InChI is InChI=1S/C16H15ClF3N3/c1-2-10-4-3-5-12(8-10)22-15(21)23-14-9-11(16(18,19)20)6-7-13(14)17/h3-9H,2H2,1H3,(H3,21,22,23). The maximum absolute atomic E-state index is 12.7. The van der Waals surface area contributed by atoms with E-state index in [-0.39, 0.29) is 16.7 Å². The summed E-state index contributed by atoms with van der Waals surface area (Å²) in [5.74, 6) is -0.0422. The van der Waals surface area contributed by atoms with Crippen LogP contribution >= 0.6 is 11.6 Å². The van der Waals surface area contributed by atoms with Crippen molar-refractivity contribution in [3.8, 4) is 0 Å². The molecule has 0 saturated heterocycles. The van der Waals surface area contributed by atoms with E-state index in [1.54, 1.807) is 6.07 Å². The van der Waals surface area contributed by atoms with Crippen molar-refractivity contribution < 1.29 is 13.2 Å². The number of hydrogen-bond donors (Lipinski definition) is 2. The molecular weight excluding hydrogens is 327 g/mol. The summed E-state index contributed by atoms with van der Waals surface area (Å²) in [6.45, 7) is 2.01. The Bertz CT molecular complexity index is 727. The molecule has 0 aromatic heterocycles. The zero-order valence-electron chi connectivity index (χ0n) is 12.3. The summed E-state index contributed by atoms with van der Waals surface area (Å²) >= 11 is 5.88. The molecule has 0 aliphatic rings. The highest BCUT2D eigenvalue weighted by atomic mass is 35.5. The summed E-state index contributed by atoms with van der Waals surface area (Å²) in [5.41, 5.74) is 6.68.